The van der Waals surface area contributed by atoms with Crippen LogP contribution in [0.25, 0.3) is 0 Å². The van der Waals surface area contributed by atoms with Gasteiger partial charge in [0.05, 0.1) is 11.9 Å². The van der Waals surface area contributed by atoms with Gasteiger partial charge in [0.1, 0.15) is 5.82 Å². The molecule has 0 aliphatic heterocycles. The van der Waals surface area contributed by atoms with E-state index in [9.17, 15) is 0 Å². The second-order valence-electron chi connectivity index (χ2n) is 3.69. The highest BCUT2D eigenvalue weighted by Crippen LogP contribution is 1.99. The van der Waals surface area contributed by atoms with Crippen LogP contribution in [0.15, 0.2) is 18.6 Å². The molecule has 0 unspecified atom stereocenters. The number of hydrogen-bond donors (Lipinski definition) is 0. The molecule has 0 amide bonds. The summed E-state index contributed by atoms with van der Waals surface area (Å²) < 4.78 is 0. The first-order valence-corrected chi connectivity index (χ1v) is 5.17. The van der Waals surface area contributed by atoms with E-state index in [0.717, 1.165) is 35.7 Å². The molecule has 2 aromatic heterocycles. The van der Waals surface area contributed by atoms with E-state index < -0.39 is 0 Å². The number of nitrogens with zero attached hydrogens (tertiary/aromatic N) is 5. The van der Waals surface area contributed by atoms with E-state index in [1.807, 2.05) is 26.2 Å². The SMILES string of the molecule is Cc1cnc(CCc2ncc(C)nn2)nc1. The second kappa shape index (κ2) is 4.74. The first kappa shape index (κ1) is 10.6. The Bertz CT molecular complexity index is 403. The molecule has 2 heterocycles. The van der Waals surface area contributed by atoms with E-state index in [2.05, 4.69) is 25.1 Å². The molecule has 2 rings (SSSR count). The molecule has 0 aromatic carbocycles. The zero-order chi connectivity index (χ0) is 11.4. The van der Waals surface area contributed by atoms with Crippen molar-refractivity contribution in [2.45, 2.75) is 26.7 Å². The molecule has 16 heavy (non-hydrogen) atoms. The predicted molar refractivity (Wildman–Crippen MR) is 58.7 cm³/mol. The zero-order valence-electron chi connectivity index (χ0n) is 9.38. The highest BCUT2D eigenvalue weighted by molar-refractivity contribution is 5.02. The second-order valence-corrected chi connectivity index (χ2v) is 3.69. The average molecular weight is 215 g/mol. The summed E-state index contributed by atoms with van der Waals surface area (Å²) in [5, 5.41) is 7.95. The van der Waals surface area contributed by atoms with Crippen molar-refractivity contribution < 1.29 is 0 Å². The van der Waals surface area contributed by atoms with Crippen molar-refractivity contribution in [1.29, 1.82) is 0 Å². The maximum atomic E-state index is 4.22. The Morgan fingerprint density at radius 3 is 2.06 bits per heavy atom. The molecule has 2 aromatic rings. The summed E-state index contributed by atoms with van der Waals surface area (Å²) in [7, 11) is 0. The largest absolute Gasteiger partial charge is 0.241 e. The van der Waals surface area contributed by atoms with E-state index in [4.69, 9.17) is 0 Å². The number of aromatic nitrogens is 5. The Hall–Kier alpha value is -1.91. The number of aryl methyl sites for hydroxylation is 4. The standard InChI is InChI=1S/C11H13N5/c1-8-5-12-10(13-6-8)3-4-11-14-7-9(2)15-16-11/h5-7H,3-4H2,1-2H3. The summed E-state index contributed by atoms with van der Waals surface area (Å²) in [6.45, 7) is 3.84. The summed E-state index contributed by atoms with van der Waals surface area (Å²) >= 11 is 0. The monoisotopic (exact) mass is 215 g/mol. The van der Waals surface area contributed by atoms with Crippen LogP contribution in [0.3, 0.4) is 0 Å². The molecular formula is C11H13N5. The van der Waals surface area contributed by atoms with Crippen molar-refractivity contribution in [3.63, 3.8) is 0 Å². The van der Waals surface area contributed by atoms with Crippen molar-refractivity contribution in [2.24, 2.45) is 0 Å². The maximum absolute atomic E-state index is 4.22. The summed E-state index contributed by atoms with van der Waals surface area (Å²) in [5.74, 6) is 1.55. The average Bonchev–Trinajstić information content (AvgIpc) is 2.30. The Labute approximate surface area is 94.0 Å². The smallest absolute Gasteiger partial charge is 0.151 e. The van der Waals surface area contributed by atoms with Gasteiger partial charge >= 0.3 is 0 Å². The van der Waals surface area contributed by atoms with Gasteiger partial charge in [-0.15, -0.1) is 5.10 Å². The normalized spacial score (nSPS) is 10.4. The molecule has 0 fully saturated rings. The van der Waals surface area contributed by atoms with Gasteiger partial charge in [0.2, 0.25) is 0 Å². The minimum absolute atomic E-state index is 0.719. The fourth-order valence-electron chi connectivity index (χ4n) is 1.24. The molecule has 82 valence electrons. The van der Waals surface area contributed by atoms with Crippen molar-refractivity contribution in [3.8, 4) is 0 Å². The lowest BCUT2D eigenvalue weighted by Crippen LogP contribution is -2.03. The molecule has 0 atom stereocenters. The highest BCUT2D eigenvalue weighted by Gasteiger charge is 2.00. The molecule has 0 spiro atoms. The summed E-state index contributed by atoms with van der Waals surface area (Å²) in [6, 6.07) is 0. The van der Waals surface area contributed by atoms with Crippen LogP contribution in [-0.2, 0) is 12.8 Å². The molecule has 0 aliphatic rings. The zero-order valence-corrected chi connectivity index (χ0v) is 9.38. The van der Waals surface area contributed by atoms with Gasteiger partial charge < -0.3 is 0 Å². The molecule has 0 saturated carbocycles. The van der Waals surface area contributed by atoms with E-state index in [1.165, 1.54) is 0 Å². The fraction of sp³-hybridized carbons (Fsp3) is 0.364. The van der Waals surface area contributed by atoms with Crippen LogP contribution >= 0.6 is 0 Å². The predicted octanol–water partition coefficient (Wildman–Crippen LogP) is 1.06. The topological polar surface area (TPSA) is 64.5 Å². The third kappa shape index (κ3) is 2.79. The Morgan fingerprint density at radius 2 is 1.44 bits per heavy atom. The van der Waals surface area contributed by atoms with Gasteiger partial charge in [-0.25, -0.2) is 15.0 Å². The molecule has 0 aliphatic carbocycles. The van der Waals surface area contributed by atoms with Crippen molar-refractivity contribution in [3.05, 3.63) is 41.5 Å². The van der Waals surface area contributed by atoms with Gasteiger partial charge in [0, 0.05) is 25.2 Å². The van der Waals surface area contributed by atoms with Gasteiger partial charge in [-0.3, -0.25) is 0 Å². The van der Waals surface area contributed by atoms with Crippen molar-refractivity contribution in [1.82, 2.24) is 25.1 Å². The summed E-state index contributed by atoms with van der Waals surface area (Å²) in [4.78, 5) is 12.6. The lowest BCUT2D eigenvalue weighted by molar-refractivity contribution is 0.759. The minimum Gasteiger partial charge on any atom is -0.241 e. The van der Waals surface area contributed by atoms with Crippen LogP contribution in [0.4, 0.5) is 0 Å². The van der Waals surface area contributed by atoms with Crippen LogP contribution in [0, 0.1) is 13.8 Å². The lowest BCUT2D eigenvalue weighted by atomic mass is 10.2. The van der Waals surface area contributed by atoms with E-state index in [1.54, 1.807) is 6.20 Å². The first-order chi connectivity index (χ1) is 7.74. The molecule has 5 nitrogen and oxygen atoms in total. The lowest BCUT2D eigenvalue weighted by Gasteiger charge is -1.99. The first-order valence-electron chi connectivity index (χ1n) is 5.17. The van der Waals surface area contributed by atoms with Crippen LogP contribution < -0.4 is 0 Å². The third-order valence-electron chi connectivity index (χ3n) is 2.13. The van der Waals surface area contributed by atoms with Gasteiger partial charge in [0.15, 0.2) is 5.82 Å². The molecule has 5 heteroatoms. The molecule has 0 saturated heterocycles. The van der Waals surface area contributed by atoms with Gasteiger partial charge in [-0.1, -0.05) is 0 Å². The number of hydrogen-bond acceptors (Lipinski definition) is 5. The van der Waals surface area contributed by atoms with E-state index in [-0.39, 0.29) is 0 Å². The summed E-state index contributed by atoms with van der Waals surface area (Å²) in [6.07, 6.45) is 6.81. The molecular weight excluding hydrogens is 202 g/mol. The third-order valence-corrected chi connectivity index (χ3v) is 2.13. The number of rotatable bonds is 3. The van der Waals surface area contributed by atoms with Crippen LogP contribution in [0.1, 0.15) is 22.9 Å². The minimum atomic E-state index is 0.719. The van der Waals surface area contributed by atoms with E-state index >= 15 is 0 Å². The van der Waals surface area contributed by atoms with Crippen LogP contribution in [0.5, 0.6) is 0 Å². The van der Waals surface area contributed by atoms with Crippen LogP contribution in [0.2, 0.25) is 0 Å². The summed E-state index contributed by atoms with van der Waals surface area (Å²) in [5.41, 5.74) is 1.90. The molecule has 0 radical (unpaired) electrons. The maximum Gasteiger partial charge on any atom is 0.151 e. The van der Waals surface area contributed by atoms with E-state index in [0.29, 0.717) is 0 Å². The molecule has 0 N–H and O–H groups in total. The molecule has 0 bridgehead atoms. The Morgan fingerprint density at radius 1 is 0.812 bits per heavy atom. The van der Waals surface area contributed by atoms with Crippen molar-refractivity contribution in [2.75, 3.05) is 0 Å². The highest BCUT2D eigenvalue weighted by atomic mass is 15.1. The van der Waals surface area contributed by atoms with Crippen LogP contribution in [-0.4, -0.2) is 25.1 Å². The Balaban J connectivity index is 1.97. The van der Waals surface area contributed by atoms with Crippen molar-refractivity contribution >= 4 is 0 Å². The van der Waals surface area contributed by atoms with Gasteiger partial charge in [-0.05, 0) is 19.4 Å². The van der Waals surface area contributed by atoms with Gasteiger partial charge in [0.25, 0.3) is 0 Å². The van der Waals surface area contributed by atoms with Gasteiger partial charge in [-0.2, -0.15) is 5.10 Å². The fourth-order valence-corrected chi connectivity index (χ4v) is 1.24. The quantitative estimate of drug-likeness (QED) is 0.766. The Kier molecular flexibility index (Phi) is 3.14.